The van der Waals surface area contributed by atoms with Crippen LogP contribution in [0.15, 0.2) is 6.20 Å². The summed E-state index contributed by atoms with van der Waals surface area (Å²) in [6, 6.07) is 0.158. The Labute approximate surface area is 201 Å². The average molecular weight is 500 g/mol. The number of ether oxygens (including phenoxy) is 1. The predicted molar refractivity (Wildman–Crippen MR) is 123 cm³/mol. The molecule has 4 rings (SSSR count). The Kier molecular flexibility index (Phi) is 8.46. The van der Waals surface area contributed by atoms with Crippen LogP contribution in [0.5, 0.6) is 5.19 Å². The lowest BCUT2D eigenvalue weighted by atomic mass is 9.84. The molecule has 188 valence electrons. The van der Waals surface area contributed by atoms with Gasteiger partial charge in [-0.15, -0.1) is 0 Å². The van der Waals surface area contributed by atoms with Crippen LogP contribution < -0.4 is 10.1 Å². The second-order valence-corrected chi connectivity index (χ2v) is 10.3. The van der Waals surface area contributed by atoms with Gasteiger partial charge in [-0.05, 0) is 51.0 Å². The standard InChI is InChI=1S/C23H32F3N5O2S/c1-30-22(26)16(13-27-30)12-21(32)28-17-4-2-15(3-5-17)6-9-31-10-7-18-19(8-11-31)34-23(29-18)33-14-20(24)25/h13,15,17,20H,2-12,14H2,1H3,(H,28,32)/t15-,17-. The van der Waals surface area contributed by atoms with Gasteiger partial charge in [0.25, 0.3) is 11.6 Å². The fourth-order valence-corrected chi connectivity index (χ4v) is 5.76. The Morgan fingerprint density at radius 3 is 2.74 bits per heavy atom. The molecule has 0 aromatic carbocycles. The SMILES string of the molecule is Cn1ncc(CC(=O)N[C@H]2CC[C@H](CCN3CCc4nc(OCC(F)F)sc4CC3)CC2)c1F. The Balaban J connectivity index is 1.13. The molecular formula is C23H32F3N5O2S. The Bertz CT molecular complexity index is 933. The van der Waals surface area contributed by atoms with E-state index in [9.17, 15) is 18.0 Å². The number of thiazole rings is 1. The van der Waals surface area contributed by atoms with E-state index in [1.165, 1.54) is 24.6 Å². The maximum atomic E-state index is 13.8. The maximum absolute atomic E-state index is 13.8. The van der Waals surface area contributed by atoms with Gasteiger partial charge in [0.05, 0.1) is 18.3 Å². The van der Waals surface area contributed by atoms with Crippen molar-refractivity contribution < 1.29 is 22.7 Å². The third-order valence-electron chi connectivity index (χ3n) is 6.76. The first kappa shape index (κ1) is 25.0. The van der Waals surface area contributed by atoms with Crippen molar-refractivity contribution >= 4 is 17.2 Å². The van der Waals surface area contributed by atoms with Crippen molar-refractivity contribution in [1.82, 2.24) is 25.0 Å². The highest BCUT2D eigenvalue weighted by Crippen LogP contribution is 2.30. The van der Waals surface area contributed by atoms with E-state index < -0.39 is 19.0 Å². The molecule has 0 bridgehead atoms. The van der Waals surface area contributed by atoms with Crippen molar-refractivity contribution in [3.8, 4) is 5.19 Å². The van der Waals surface area contributed by atoms with Crippen LogP contribution in [0, 0.1) is 11.9 Å². The average Bonchev–Trinajstić information content (AvgIpc) is 3.29. The minimum atomic E-state index is -2.48. The number of carbonyl (C=O) groups is 1. The normalized spacial score (nSPS) is 21.3. The Hall–Kier alpha value is -2.14. The minimum Gasteiger partial charge on any atom is -0.464 e. The molecule has 1 saturated carbocycles. The van der Waals surface area contributed by atoms with Gasteiger partial charge in [0.1, 0.15) is 0 Å². The number of alkyl halides is 2. The van der Waals surface area contributed by atoms with Gasteiger partial charge < -0.3 is 15.0 Å². The van der Waals surface area contributed by atoms with E-state index in [1.807, 2.05) is 0 Å². The molecule has 1 N–H and O–H groups in total. The predicted octanol–water partition coefficient (Wildman–Crippen LogP) is 3.37. The van der Waals surface area contributed by atoms with E-state index in [4.69, 9.17) is 4.74 Å². The lowest BCUT2D eigenvalue weighted by Gasteiger charge is -2.30. The fourth-order valence-electron chi connectivity index (χ4n) is 4.80. The molecule has 1 amide bonds. The number of hydrogen-bond acceptors (Lipinski definition) is 6. The van der Waals surface area contributed by atoms with Crippen LogP contribution in [0.3, 0.4) is 0 Å². The van der Waals surface area contributed by atoms with Crippen molar-refractivity contribution in [3.63, 3.8) is 0 Å². The number of aromatic nitrogens is 3. The van der Waals surface area contributed by atoms with Crippen molar-refractivity contribution in [2.24, 2.45) is 13.0 Å². The van der Waals surface area contributed by atoms with E-state index in [0.717, 1.165) is 79.8 Å². The number of aryl methyl sites for hydroxylation is 1. The summed E-state index contributed by atoms with van der Waals surface area (Å²) in [6.07, 6.45) is 5.84. The second-order valence-electron chi connectivity index (χ2n) is 9.23. The molecule has 11 heteroatoms. The molecule has 0 spiro atoms. The van der Waals surface area contributed by atoms with Gasteiger partial charge in [-0.25, -0.2) is 18.4 Å². The van der Waals surface area contributed by atoms with Crippen molar-refractivity contribution in [2.45, 2.75) is 63.8 Å². The molecule has 34 heavy (non-hydrogen) atoms. The molecule has 1 aliphatic heterocycles. The lowest BCUT2D eigenvalue weighted by Crippen LogP contribution is -2.39. The summed E-state index contributed by atoms with van der Waals surface area (Å²) >= 11 is 1.39. The monoisotopic (exact) mass is 499 g/mol. The zero-order valence-corrected chi connectivity index (χ0v) is 20.3. The zero-order chi connectivity index (χ0) is 24.1. The van der Waals surface area contributed by atoms with E-state index in [0.29, 0.717) is 16.7 Å². The highest BCUT2D eigenvalue weighted by Gasteiger charge is 2.25. The number of nitrogens with one attached hydrogen (secondary N) is 1. The molecule has 0 saturated heterocycles. The quantitative estimate of drug-likeness (QED) is 0.573. The topological polar surface area (TPSA) is 72.3 Å². The Morgan fingerprint density at radius 2 is 2.03 bits per heavy atom. The zero-order valence-electron chi connectivity index (χ0n) is 19.4. The number of rotatable bonds is 9. The molecule has 2 aromatic heterocycles. The second kappa shape index (κ2) is 11.5. The first-order valence-electron chi connectivity index (χ1n) is 11.9. The molecule has 3 heterocycles. The van der Waals surface area contributed by atoms with Gasteiger partial charge >= 0.3 is 0 Å². The number of fused-ring (bicyclic) bond motifs is 1. The molecule has 7 nitrogen and oxygen atoms in total. The van der Waals surface area contributed by atoms with Crippen molar-refractivity contribution in [2.75, 3.05) is 26.2 Å². The van der Waals surface area contributed by atoms with Crippen LogP contribution in [0.2, 0.25) is 0 Å². The summed E-state index contributed by atoms with van der Waals surface area (Å²) in [7, 11) is 1.52. The first-order valence-corrected chi connectivity index (χ1v) is 12.8. The van der Waals surface area contributed by atoms with E-state index in [2.05, 4.69) is 20.3 Å². The van der Waals surface area contributed by atoms with Gasteiger partial charge in [-0.2, -0.15) is 9.49 Å². The van der Waals surface area contributed by atoms with Gasteiger partial charge in [0, 0.05) is 43.0 Å². The Morgan fingerprint density at radius 1 is 1.26 bits per heavy atom. The first-order chi connectivity index (χ1) is 16.4. The van der Waals surface area contributed by atoms with E-state index in [-0.39, 0.29) is 18.4 Å². The maximum Gasteiger partial charge on any atom is 0.273 e. The number of hydrogen-bond donors (Lipinski definition) is 1. The van der Waals surface area contributed by atoms with Gasteiger partial charge in [0.15, 0.2) is 6.61 Å². The number of nitrogens with zero attached hydrogens (tertiary/aromatic N) is 4. The summed E-state index contributed by atoms with van der Waals surface area (Å²) in [5, 5.41) is 7.25. The lowest BCUT2D eigenvalue weighted by molar-refractivity contribution is -0.121. The van der Waals surface area contributed by atoms with Gasteiger partial charge in [0.2, 0.25) is 11.9 Å². The molecular weight excluding hydrogens is 467 g/mol. The molecule has 2 aromatic rings. The summed E-state index contributed by atoms with van der Waals surface area (Å²) in [5.74, 6) is 0.0381. The summed E-state index contributed by atoms with van der Waals surface area (Å²) < 4.78 is 44.7. The smallest absolute Gasteiger partial charge is 0.273 e. The largest absolute Gasteiger partial charge is 0.464 e. The van der Waals surface area contributed by atoms with Crippen LogP contribution in [0.25, 0.3) is 0 Å². The highest BCUT2D eigenvalue weighted by molar-refractivity contribution is 7.13. The van der Waals surface area contributed by atoms with Crippen LogP contribution in [0.1, 0.15) is 48.2 Å². The third kappa shape index (κ3) is 6.71. The molecule has 0 radical (unpaired) electrons. The van der Waals surface area contributed by atoms with E-state index >= 15 is 0 Å². The molecule has 2 aliphatic rings. The molecule has 0 atom stereocenters. The van der Waals surface area contributed by atoms with Crippen molar-refractivity contribution in [1.29, 1.82) is 0 Å². The van der Waals surface area contributed by atoms with Crippen LogP contribution >= 0.6 is 11.3 Å². The molecule has 0 unspecified atom stereocenters. The number of amides is 1. The van der Waals surface area contributed by atoms with E-state index in [1.54, 1.807) is 0 Å². The number of halogens is 3. The highest BCUT2D eigenvalue weighted by atomic mass is 32.1. The summed E-state index contributed by atoms with van der Waals surface area (Å²) in [5.41, 5.74) is 1.31. The minimum absolute atomic E-state index is 0.0226. The van der Waals surface area contributed by atoms with Gasteiger partial charge in [-0.1, -0.05) is 11.3 Å². The summed E-state index contributed by atoms with van der Waals surface area (Å²) in [6.45, 7) is 2.29. The van der Waals surface area contributed by atoms with Crippen LogP contribution in [-0.4, -0.2) is 64.3 Å². The van der Waals surface area contributed by atoms with Crippen LogP contribution in [0.4, 0.5) is 13.2 Å². The fraction of sp³-hybridized carbons (Fsp3) is 0.696. The molecule has 1 fully saturated rings. The number of carbonyl (C=O) groups excluding carboxylic acids is 1. The third-order valence-corrected chi connectivity index (χ3v) is 7.83. The van der Waals surface area contributed by atoms with Gasteiger partial charge in [-0.3, -0.25) is 4.79 Å². The van der Waals surface area contributed by atoms with Crippen molar-refractivity contribution in [3.05, 3.63) is 28.3 Å². The molecule has 1 aliphatic carbocycles. The summed E-state index contributed by atoms with van der Waals surface area (Å²) in [4.78, 5) is 20.3. The van der Waals surface area contributed by atoms with Crippen LogP contribution in [-0.2, 0) is 31.1 Å².